The van der Waals surface area contributed by atoms with Crippen LogP contribution in [-0.4, -0.2) is 16.9 Å². The van der Waals surface area contributed by atoms with Gasteiger partial charge in [-0.25, -0.2) is 9.07 Å². The second-order valence-corrected chi connectivity index (χ2v) is 3.67. The van der Waals surface area contributed by atoms with Gasteiger partial charge in [-0.05, 0) is 25.1 Å². The first kappa shape index (κ1) is 11.6. The standard InChI is InChI=1S/C12H14FN3O/c1-8-11(7-14)12(17-2)16(15-8)10-5-3-4-9(13)6-10/h3-6H,7,14H2,1-2H3. The van der Waals surface area contributed by atoms with Gasteiger partial charge in [0.1, 0.15) is 5.82 Å². The SMILES string of the molecule is COc1c(CN)c(C)nn1-c1cccc(F)c1. The molecule has 0 spiro atoms. The van der Waals surface area contributed by atoms with Crippen molar-refractivity contribution in [3.8, 4) is 11.6 Å². The van der Waals surface area contributed by atoms with Gasteiger partial charge in [0.25, 0.3) is 0 Å². The van der Waals surface area contributed by atoms with E-state index in [1.165, 1.54) is 12.1 Å². The van der Waals surface area contributed by atoms with E-state index in [2.05, 4.69) is 5.10 Å². The maximum atomic E-state index is 13.2. The number of benzene rings is 1. The summed E-state index contributed by atoms with van der Waals surface area (Å²) < 4.78 is 20.0. The third-order valence-electron chi connectivity index (χ3n) is 2.59. The molecule has 0 unspecified atom stereocenters. The number of aromatic nitrogens is 2. The van der Waals surface area contributed by atoms with Crippen molar-refractivity contribution in [3.05, 3.63) is 41.3 Å². The van der Waals surface area contributed by atoms with Gasteiger partial charge in [-0.1, -0.05) is 6.07 Å². The monoisotopic (exact) mass is 235 g/mol. The van der Waals surface area contributed by atoms with Gasteiger partial charge < -0.3 is 10.5 Å². The molecule has 0 aliphatic heterocycles. The molecule has 0 saturated heterocycles. The fraction of sp³-hybridized carbons (Fsp3) is 0.250. The highest BCUT2D eigenvalue weighted by Gasteiger charge is 2.15. The van der Waals surface area contributed by atoms with Crippen LogP contribution in [0.3, 0.4) is 0 Å². The van der Waals surface area contributed by atoms with Crippen LogP contribution in [0.4, 0.5) is 4.39 Å². The molecule has 0 radical (unpaired) electrons. The maximum absolute atomic E-state index is 13.2. The Hall–Kier alpha value is -1.88. The summed E-state index contributed by atoms with van der Waals surface area (Å²) in [6, 6.07) is 6.17. The predicted molar refractivity (Wildman–Crippen MR) is 62.7 cm³/mol. The van der Waals surface area contributed by atoms with Crippen LogP contribution in [0.15, 0.2) is 24.3 Å². The summed E-state index contributed by atoms with van der Waals surface area (Å²) in [5.41, 5.74) is 7.87. The highest BCUT2D eigenvalue weighted by Crippen LogP contribution is 2.25. The van der Waals surface area contributed by atoms with Gasteiger partial charge in [-0.15, -0.1) is 0 Å². The highest BCUT2D eigenvalue weighted by molar-refractivity contribution is 5.41. The molecular formula is C12H14FN3O. The Labute approximate surface area is 98.8 Å². The van der Waals surface area contributed by atoms with Crippen LogP contribution in [0.25, 0.3) is 5.69 Å². The molecule has 90 valence electrons. The van der Waals surface area contributed by atoms with Crippen LogP contribution < -0.4 is 10.5 Å². The first-order valence-corrected chi connectivity index (χ1v) is 5.26. The van der Waals surface area contributed by atoms with Crippen LogP contribution in [0, 0.1) is 12.7 Å². The minimum atomic E-state index is -0.313. The molecule has 1 heterocycles. The smallest absolute Gasteiger partial charge is 0.221 e. The van der Waals surface area contributed by atoms with Crippen LogP contribution >= 0.6 is 0 Å². The Bertz CT molecular complexity index is 537. The van der Waals surface area contributed by atoms with Crippen LogP contribution in [0.5, 0.6) is 5.88 Å². The lowest BCUT2D eigenvalue weighted by atomic mass is 10.2. The van der Waals surface area contributed by atoms with E-state index in [1.807, 2.05) is 6.92 Å². The van der Waals surface area contributed by atoms with E-state index in [0.29, 0.717) is 18.1 Å². The lowest BCUT2D eigenvalue weighted by Gasteiger charge is -2.07. The van der Waals surface area contributed by atoms with Gasteiger partial charge in [0.2, 0.25) is 5.88 Å². The summed E-state index contributed by atoms with van der Waals surface area (Å²) in [4.78, 5) is 0. The molecule has 2 aromatic rings. The molecule has 1 aromatic carbocycles. The molecule has 0 atom stereocenters. The van der Waals surface area contributed by atoms with E-state index < -0.39 is 0 Å². The minimum Gasteiger partial charge on any atom is -0.481 e. The topological polar surface area (TPSA) is 53.1 Å². The summed E-state index contributed by atoms with van der Waals surface area (Å²) in [7, 11) is 1.55. The van der Waals surface area contributed by atoms with Crippen molar-refractivity contribution in [3.63, 3.8) is 0 Å². The maximum Gasteiger partial charge on any atom is 0.221 e. The molecule has 0 bridgehead atoms. The second kappa shape index (κ2) is 4.55. The van der Waals surface area contributed by atoms with Crippen molar-refractivity contribution >= 4 is 0 Å². The van der Waals surface area contributed by atoms with E-state index in [-0.39, 0.29) is 5.82 Å². The predicted octanol–water partition coefficient (Wildman–Crippen LogP) is 1.79. The molecule has 17 heavy (non-hydrogen) atoms. The van der Waals surface area contributed by atoms with E-state index in [4.69, 9.17) is 10.5 Å². The molecule has 5 heteroatoms. The normalized spacial score (nSPS) is 10.6. The first-order chi connectivity index (χ1) is 8.17. The molecule has 4 nitrogen and oxygen atoms in total. The molecule has 0 fully saturated rings. The Morgan fingerprint density at radius 1 is 1.47 bits per heavy atom. The summed E-state index contributed by atoms with van der Waals surface area (Å²) in [6.45, 7) is 2.19. The van der Waals surface area contributed by atoms with Crippen molar-refractivity contribution in [2.75, 3.05) is 7.11 Å². The molecule has 2 N–H and O–H groups in total. The number of nitrogens with two attached hydrogens (primary N) is 1. The van der Waals surface area contributed by atoms with Crippen molar-refractivity contribution in [2.45, 2.75) is 13.5 Å². The molecular weight excluding hydrogens is 221 g/mol. The minimum absolute atomic E-state index is 0.313. The second-order valence-electron chi connectivity index (χ2n) is 3.67. The first-order valence-electron chi connectivity index (χ1n) is 5.26. The molecule has 0 amide bonds. The van der Waals surface area contributed by atoms with Crippen molar-refractivity contribution in [2.24, 2.45) is 5.73 Å². The van der Waals surface area contributed by atoms with Crippen molar-refractivity contribution in [1.29, 1.82) is 0 Å². The quantitative estimate of drug-likeness (QED) is 0.882. The van der Waals surface area contributed by atoms with Gasteiger partial charge in [-0.2, -0.15) is 5.10 Å². The fourth-order valence-corrected chi connectivity index (χ4v) is 1.77. The zero-order valence-corrected chi connectivity index (χ0v) is 9.77. The lowest BCUT2D eigenvalue weighted by molar-refractivity contribution is 0.379. The number of halogens is 1. The average Bonchev–Trinajstić information content (AvgIpc) is 2.65. The lowest BCUT2D eigenvalue weighted by Crippen LogP contribution is -2.03. The van der Waals surface area contributed by atoms with Gasteiger partial charge in [0.15, 0.2) is 0 Å². The van der Waals surface area contributed by atoms with Gasteiger partial charge in [-0.3, -0.25) is 0 Å². The Morgan fingerprint density at radius 2 is 2.24 bits per heavy atom. The summed E-state index contributed by atoms with van der Waals surface area (Å²) >= 11 is 0. The number of aryl methyl sites for hydroxylation is 1. The van der Waals surface area contributed by atoms with Crippen LogP contribution in [0.1, 0.15) is 11.3 Å². The number of methoxy groups -OCH3 is 1. The average molecular weight is 235 g/mol. The Morgan fingerprint density at radius 3 is 2.82 bits per heavy atom. The van der Waals surface area contributed by atoms with Gasteiger partial charge in [0, 0.05) is 6.54 Å². The molecule has 0 saturated carbocycles. The third kappa shape index (κ3) is 2.01. The number of rotatable bonds is 3. The molecule has 2 rings (SSSR count). The van der Waals surface area contributed by atoms with Crippen LogP contribution in [-0.2, 0) is 6.54 Å². The van der Waals surface area contributed by atoms with Crippen molar-refractivity contribution in [1.82, 2.24) is 9.78 Å². The third-order valence-corrected chi connectivity index (χ3v) is 2.59. The largest absolute Gasteiger partial charge is 0.481 e. The van der Waals surface area contributed by atoms with E-state index in [0.717, 1.165) is 11.3 Å². The number of hydrogen-bond acceptors (Lipinski definition) is 3. The summed E-state index contributed by atoms with van der Waals surface area (Å²) in [6.07, 6.45) is 0. The Balaban J connectivity index is 2.59. The van der Waals surface area contributed by atoms with E-state index in [9.17, 15) is 4.39 Å². The van der Waals surface area contributed by atoms with E-state index in [1.54, 1.807) is 23.9 Å². The fourth-order valence-electron chi connectivity index (χ4n) is 1.77. The summed E-state index contributed by atoms with van der Waals surface area (Å²) in [5, 5.41) is 4.31. The zero-order valence-electron chi connectivity index (χ0n) is 9.77. The molecule has 0 aliphatic carbocycles. The number of ether oxygens (including phenoxy) is 1. The number of nitrogens with zero attached hydrogens (tertiary/aromatic N) is 2. The summed E-state index contributed by atoms with van der Waals surface area (Å²) in [5.74, 6) is 0.239. The van der Waals surface area contributed by atoms with E-state index >= 15 is 0 Å². The van der Waals surface area contributed by atoms with Crippen LogP contribution in [0.2, 0.25) is 0 Å². The molecule has 1 aromatic heterocycles. The highest BCUT2D eigenvalue weighted by atomic mass is 19.1. The Kier molecular flexibility index (Phi) is 3.10. The molecule has 0 aliphatic rings. The van der Waals surface area contributed by atoms with Gasteiger partial charge in [0.05, 0.1) is 24.1 Å². The zero-order chi connectivity index (χ0) is 12.4. The van der Waals surface area contributed by atoms with Gasteiger partial charge >= 0.3 is 0 Å². The number of hydrogen-bond donors (Lipinski definition) is 1. The van der Waals surface area contributed by atoms with Crippen molar-refractivity contribution < 1.29 is 9.13 Å².